The smallest absolute Gasteiger partial charge is 0.122 e. The van der Waals surface area contributed by atoms with E-state index in [1.54, 1.807) is 7.11 Å². The molecule has 0 spiro atoms. The fourth-order valence-corrected chi connectivity index (χ4v) is 1.81. The molecule has 0 atom stereocenters. The average Bonchev–Trinajstić information content (AvgIpc) is 2.35. The lowest BCUT2D eigenvalue weighted by Gasteiger charge is -2.16. The van der Waals surface area contributed by atoms with Crippen molar-refractivity contribution in [3.63, 3.8) is 0 Å². The highest BCUT2D eigenvalue weighted by Crippen LogP contribution is 2.26. The summed E-state index contributed by atoms with van der Waals surface area (Å²) in [6.07, 6.45) is 0.636. The lowest BCUT2D eigenvalue weighted by Crippen LogP contribution is -2.14. The first kappa shape index (κ1) is 14.0. The molecule has 0 aliphatic heterocycles. The molecule has 0 amide bonds. The van der Waals surface area contributed by atoms with Gasteiger partial charge in [-0.3, -0.25) is 0 Å². The van der Waals surface area contributed by atoms with Gasteiger partial charge in [0.15, 0.2) is 0 Å². The summed E-state index contributed by atoms with van der Waals surface area (Å²) in [6.45, 7) is 4.26. The first-order chi connectivity index (χ1) is 8.12. The lowest BCUT2D eigenvalue weighted by atomic mass is 9.95. The summed E-state index contributed by atoms with van der Waals surface area (Å²) < 4.78 is 5.31. The van der Waals surface area contributed by atoms with E-state index >= 15 is 0 Å². The third kappa shape index (κ3) is 3.72. The Morgan fingerprint density at radius 2 is 1.82 bits per heavy atom. The predicted molar refractivity (Wildman–Crippen MR) is 68.4 cm³/mol. The van der Waals surface area contributed by atoms with E-state index in [1.165, 1.54) is 5.56 Å². The molecule has 1 rings (SSSR count). The standard InChI is InChI=1S/C14H22O3/c1-10(2)12-4-5-14(17-3)13(7-12)6-11(8-15)9-16/h4-5,7,10-11,15-16H,6,8-9H2,1-3H3. The first-order valence-electron chi connectivity index (χ1n) is 6.00. The molecule has 3 heteroatoms. The maximum atomic E-state index is 9.13. The van der Waals surface area contributed by atoms with E-state index in [-0.39, 0.29) is 19.1 Å². The van der Waals surface area contributed by atoms with Gasteiger partial charge in [-0.05, 0) is 29.5 Å². The number of methoxy groups -OCH3 is 1. The van der Waals surface area contributed by atoms with Gasteiger partial charge in [0.25, 0.3) is 0 Å². The van der Waals surface area contributed by atoms with E-state index in [0.717, 1.165) is 11.3 Å². The quantitative estimate of drug-likeness (QED) is 0.796. The predicted octanol–water partition coefficient (Wildman–Crippen LogP) is 1.96. The molecule has 17 heavy (non-hydrogen) atoms. The highest BCUT2D eigenvalue weighted by molar-refractivity contribution is 5.38. The van der Waals surface area contributed by atoms with Gasteiger partial charge in [-0.25, -0.2) is 0 Å². The van der Waals surface area contributed by atoms with Crippen LogP contribution in [0.15, 0.2) is 18.2 Å². The number of aliphatic hydroxyl groups excluding tert-OH is 2. The minimum absolute atomic E-state index is 0.00837. The van der Waals surface area contributed by atoms with Crippen molar-refractivity contribution >= 4 is 0 Å². The molecule has 0 radical (unpaired) electrons. The molecule has 0 bridgehead atoms. The first-order valence-corrected chi connectivity index (χ1v) is 6.00. The van der Waals surface area contributed by atoms with Crippen molar-refractivity contribution in [1.29, 1.82) is 0 Å². The van der Waals surface area contributed by atoms with Gasteiger partial charge in [0.05, 0.1) is 7.11 Å². The Hall–Kier alpha value is -1.06. The topological polar surface area (TPSA) is 49.7 Å². The zero-order valence-corrected chi connectivity index (χ0v) is 10.8. The van der Waals surface area contributed by atoms with E-state index in [9.17, 15) is 0 Å². The minimum Gasteiger partial charge on any atom is -0.496 e. The van der Waals surface area contributed by atoms with E-state index in [0.29, 0.717) is 12.3 Å². The van der Waals surface area contributed by atoms with E-state index < -0.39 is 0 Å². The van der Waals surface area contributed by atoms with Crippen LogP contribution in [0.5, 0.6) is 5.75 Å². The highest BCUT2D eigenvalue weighted by Gasteiger charge is 2.12. The summed E-state index contributed by atoms with van der Waals surface area (Å²) in [7, 11) is 1.64. The number of hydrogen-bond donors (Lipinski definition) is 2. The maximum Gasteiger partial charge on any atom is 0.122 e. The van der Waals surface area contributed by atoms with Crippen LogP contribution in [0.2, 0.25) is 0 Å². The highest BCUT2D eigenvalue weighted by atomic mass is 16.5. The van der Waals surface area contributed by atoms with Crippen LogP contribution >= 0.6 is 0 Å². The van der Waals surface area contributed by atoms with Gasteiger partial charge >= 0.3 is 0 Å². The molecule has 0 saturated heterocycles. The van der Waals surface area contributed by atoms with Gasteiger partial charge < -0.3 is 14.9 Å². The van der Waals surface area contributed by atoms with Crippen LogP contribution in [-0.2, 0) is 6.42 Å². The summed E-state index contributed by atoms with van der Waals surface area (Å²) in [5.41, 5.74) is 2.29. The number of ether oxygens (including phenoxy) is 1. The van der Waals surface area contributed by atoms with Gasteiger partial charge in [0.2, 0.25) is 0 Å². The molecule has 0 unspecified atom stereocenters. The lowest BCUT2D eigenvalue weighted by molar-refractivity contribution is 0.149. The molecule has 0 aliphatic rings. The van der Waals surface area contributed by atoms with Gasteiger partial charge in [0, 0.05) is 19.1 Å². The molecule has 2 N–H and O–H groups in total. The molecular formula is C14H22O3. The van der Waals surface area contributed by atoms with Crippen LogP contribution in [0.1, 0.15) is 30.9 Å². The molecule has 1 aromatic rings. The Bertz CT molecular complexity index is 343. The molecule has 0 fully saturated rings. The Morgan fingerprint density at radius 1 is 1.18 bits per heavy atom. The Labute approximate surface area is 103 Å². The van der Waals surface area contributed by atoms with Gasteiger partial charge in [-0.15, -0.1) is 0 Å². The number of aliphatic hydroxyl groups is 2. The molecule has 96 valence electrons. The molecule has 0 saturated carbocycles. The largest absolute Gasteiger partial charge is 0.496 e. The normalized spacial score (nSPS) is 11.2. The summed E-state index contributed by atoms with van der Waals surface area (Å²) >= 11 is 0. The van der Waals surface area contributed by atoms with Crippen molar-refractivity contribution in [2.45, 2.75) is 26.2 Å². The average molecular weight is 238 g/mol. The second kappa shape index (κ2) is 6.62. The third-order valence-corrected chi connectivity index (χ3v) is 3.00. The summed E-state index contributed by atoms with van der Waals surface area (Å²) in [5.74, 6) is 1.16. The van der Waals surface area contributed by atoms with E-state index in [2.05, 4.69) is 26.0 Å². The zero-order chi connectivity index (χ0) is 12.8. The minimum atomic E-state index is -0.119. The van der Waals surface area contributed by atoms with Gasteiger partial charge in [-0.2, -0.15) is 0 Å². The zero-order valence-electron chi connectivity index (χ0n) is 10.8. The van der Waals surface area contributed by atoms with Crippen LogP contribution in [-0.4, -0.2) is 30.5 Å². The van der Waals surface area contributed by atoms with Gasteiger partial charge in [0.1, 0.15) is 5.75 Å². The number of hydrogen-bond acceptors (Lipinski definition) is 3. The fourth-order valence-electron chi connectivity index (χ4n) is 1.81. The molecule has 0 aliphatic carbocycles. The van der Waals surface area contributed by atoms with E-state index in [4.69, 9.17) is 14.9 Å². The molecule has 0 heterocycles. The van der Waals surface area contributed by atoms with Crippen molar-refractivity contribution in [1.82, 2.24) is 0 Å². The van der Waals surface area contributed by atoms with Crippen molar-refractivity contribution < 1.29 is 14.9 Å². The monoisotopic (exact) mass is 238 g/mol. The second-order valence-corrected chi connectivity index (χ2v) is 4.66. The summed E-state index contributed by atoms with van der Waals surface area (Å²) in [4.78, 5) is 0. The Morgan fingerprint density at radius 3 is 2.29 bits per heavy atom. The van der Waals surface area contributed by atoms with Crippen LogP contribution in [0, 0.1) is 5.92 Å². The summed E-state index contributed by atoms with van der Waals surface area (Å²) in [5, 5.41) is 18.3. The van der Waals surface area contributed by atoms with Crippen molar-refractivity contribution in [2.75, 3.05) is 20.3 Å². The maximum absolute atomic E-state index is 9.13. The van der Waals surface area contributed by atoms with Crippen LogP contribution < -0.4 is 4.74 Å². The van der Waals surface area contributed by atoms with Crippen LogP contribution in [0.3, 0.4) is 0 Å². The fraction of sp³-hybridized carbons (Fsp3) is 0.571. The molecular weight excluding hydrogens is 216 g/mol. The Balaban J connectivity index is 2.97. The van der Waals surface area contributed by atoms with Crippen LogP contribution in [0.25, 0.3) is 0 Å². The number of benzene rings is 1. The van der Waals surface area contributed by atoms with Crippen molar-refractivity contribution in [3.8, 4) is 5.75 Å². The Kier molecular flexibility index (Phi) is 5.45. The molecule has 3 nitrogen and oxygen atoms in total. The molecule has 0 aromatic heterocycles. The number of rotatable bonds is 6. The van der Waals surface area contributed by atoms with Crippen LogP contribution in [0.4, 0.5) is 0 Å². The summed E-state index contributed by atoms with van der Waals surface area (Å²) in [6, 6.07) is 6.11. The van der Waals surface area contributed by atoms with Crippen molar-refractivity contribution in [2.24, 2.45) is 5.92 Å². The SMILES string of the molecule is COc1ccc(C(C)C)cc1CC(CO)CO. The van der Waals surface area contributed by atoms with Gasteiger partial charge in [-0.1, -0.05) is 26.0 Å². The molecule has 1 aromatic carbocycles. The van der Waals surface area contributed by atoms with E-state index in [1.807, 2.05) is 6.07 Å². The third-order valence-electron chi connectivity index (χ3n) is 3.00. The second-order valence-electron chi connectivity index (χ2n) is 4.66. The van der Waals surface area contributed by atoms with Crippen molar-refractivity contribution in [3.05, 3.63) is 29.3 Å².